The molecule has 6 heteroatoms. The van der Waals surface area contributed by atoms with Gasteiger partial charge in [-0.1, -0.05) is 217 Å². The van der Waals surface area contributed by atoms with E-state index in [9.17, 15) is 14.4 Å². The first-order valence-electron chi connectivity index (χ1n) is 26.6. The Morgan fingerprint density at radius 1 is 0.323 bits per heavy atom. The number of ether oxygens (including phenoxy) is 3. The van der Waals surface area contributed by atoms with Crippen molar-refractivity contribution in [2.45, 2.75) is 277 Å². The second-order valence-corrected chi connectivity index (χ2v) is 17.8. The zero-order valence-electron chi connectivity index (χ0n) is 41.1. The first-order chi connectivity index (χ1) is 30.5. The Morgan fingerprint density at radius 2 is 0.581 bits per heavy atom. The van der Waals surface area contributed by atoms with E-state index < -0.39 is 6.10 Å². The lowest BCUT2D eigenvalue weighted by atomic mass is 10.1. The van der Waals surface area contributed by atoms with Crippen molar-refractivity contribution in [2.24, 2.45) is 0 Å². The van der Waals surface area contributed by atoms with Gasteiger partial charge in [-0.15, -0.1) is 0 Å². The van der Waals surface area contributed by atoms with E-state index in [0.29, 0.717) is 19.3 Å². The van der Waals surface area contributed by atoms with Crippen molar-refractivity contribution >= 4 is 17.9 Å². The molecule has 0 aromatic carbocycles. The highest BCUT2D eigenvalue weighted by Crippen LogP contribution is 2.15. The largest absolute Gasteiger partial charge is 0.462 e. The summed E-state index contributed by atoms with van der Waals surface area (Å²) in [6, 6.07) is 0. The van der Waals surface area contributed by atoms with E-state index in [-0.39, 0.29) is 31.1 Å². The Labute approximate surface area is 384 Å². The molecule has 0 spiro atoms. The summed E-state index contributed by atoms with van der Waals surface area (Å²) >= 11 is 0. The summed E-state index contributed by atoms with van der Waals surface area (Å²) in [5.41, 5.74) is 0. The predicted molar refractivity (Wildman–Crippen MR) is 265 cm³/mol. The molecule has 0 rings (SSSR count). The summed E-state index contributed by atoms with van der Waals surface area (Å²) in [6.07, 6.45) is 61.1. The van der Waals surface area contributed by atoms with Crippen LogP contribution in [0.3, 0.4) is 0 Å². The zero-order valence-corrected chi connectivity index (χ0v) is 41.1. The smallest absolute Gasteiger partial charge is 0.306 e. The minimum atomic E-state index is -0.775. The number of hydrogen-bond acceptors (Lipinski definition) is 6. The standard InChI is InChI=1S/C56H100O6/c1-4-7-10-13-16-18-20-22-24-26-28-30-31-33-35-37-40-43-46-49-55(58)61-52-53(51-60-54(57)48-45-42-39-15-12-9-6-3)62-56(59)50-47-44-41-38-36-34-32-29-27-25-23-21-19-17-14-11-8-5-2/h16,18-19,21-22,24-25,27,53H,4-15,17,20,23,26,28-52H2,1-3H3/b18-16-,21-19-,24-22-,27-25-. The summed E-state index contributed by atoms with van der Waals surface area (Å²) in [4.78, 5) is 37.8. The Kier molecular flexibility index (Phi) is 48.8. The average molecular weight is 869 g/mol. The second kappa shape index (κ2) is 51.0. The molecule has 0 radical (unpaired) electrons. The van der Waals surface area contributed by atoms with Crippen molar-refractivity contribution < 1.29 is 28.6 Å². The molecular formula is C56H100O6. The first-order valence-corrected chi connectivity index (χ1v) is 26.6. The lowest BCUT2D eigenvalue weighted by Gasteiger charge is -2.18. The van der Waals surface area contributed by atoms with E-state index in [4.69, 9.17) is 14.2 Å². The van der Waals surface area contributed by atoms with E-state index in [0.717, 1.165) is 77.0 Å². The number of rotatable bonds is 48. The van der Waals surface area contributed by atoms with Crippen LogP contribution in [0.1, 0.15) is 271 Å². The Hall–Kier alpha value is -2.63. The van der Waals surface area contributed by atoms with Gasteiger partial charge in [-0.05, 0) is 83.5 Å². The van der Waals surface area contributed by atoms with Gasteiger partial charge in [0.25, 0.3) is 0 Å². The summed E-state index contributed by atoms with van der Waals surface area (Å²) in [6.45, 7) is 6.56. The number of hydrogen-bond donors (Lipinski definition) is 0. The normalized spacial score (nSPS) is 12.4. The van der Waals surface area contributed by atoms with Crippen molar-refractivity contribution in [3.05, 3.63) is 48.6 Å². The van der Waals surface area contributed by atoms with Gasteiger partial charge < -0.3 is 14.2 Å². The fraction of sp³-hybridized carbons (Fsp3) is 0.804. The van der Waals surface area contributed by atoms with Crippen LogP contribution in [0.15, 0.2) is 48.6 Å². The number of carbonyl (C=O) groups excluding carboxylic acids is 3. The third-order valence-electron chi connectivity index (χ3n) is 11.6. The molecule has 0 saturated heterocycles. The Bertz CT molecular complexity index is 1090. The van der Waals surface area contributed by atoms with Gasteiger partial charge in [0.05, 0.1) is 0 Å². The van der Waals surface area contributed by atoms with Gasteiger partial charge in [-0.3, -0.25) is 14.4 Å². The maximum absolute atomic E-state index is 12.8. The fourth-order valence-corrected chi connectivity index (χ4v) is 7.50. The van der Waals surface area contributed by atoms with Crippen LogP contribution in [-0.2, 0) is 28.6 Å². The number of unbranched alkanes of at least 4 members (excludes halogenated alkanes) is 29. The molecule has 0 bridgehead atoms. The number of allylic oxidation sites excluding steroid dienone is 8. The highest BCUT2D eigenvalue weighted by atomic mass is 16.6. The molecule has 0 aromatic rings. The van der Waals surface area contributed by atoms with Crippen LogP contribution in [-0.4, -0.2) is 37.2 Å². The predicted octanol–water partition coefficient (Wildman–Crippen LogP) is 17.5. The van der Waals surface area contributed by atoms with Gasteiger partial charge in [-0.25, -0.2) is 0 Å². The van der Waals surface area contributed by atoms with Crippen molar-refractivity contribution in [3.63, 3.8) is 0 Å². The van der Waals surface area contributed by atoms with E-state index >= 15 is 0 Å². The number of carbonyl (C=O) groups is 3. The van der Waals surface area contributed by atoms with Crippen LogP contribution in [0.5, 0.6) is 0 Å². The molecule has 6 nitrogen and oxygen atoms in total. The van der Waals surface area contributed by atoms with Gasteiger partial charge in [0.1, 0.15) is 13.2 Å². The molecule has 1 unspecified atom stereocenters. The SMILES string of the molecule is CCCCC/C=C\C/C=C\CCCCCCCCCCCC(=O)OCC(COC(=O)CCCCCCCCC)OC(=O)CCCCCCCCC/C=C\C/C=C\CCCCCC. The van der Waals surface area contributed by atoms with E-state index in [1.165, 1.54) is 154 Å². The van der Waals surface area contributed by atoms with Crippen molar-refractivity contribution in [3.8, 4) is 0 Å². The molecule has 360 valence electrons. The quantitative estimate of drug-likeness (QED) is 0.0262. The zero-order chi connectivity index (χ0) is 45.1. The summed E-state index contributed by atoms with van der Waals surface area (Å²) < 4.78 is 16.7. The molecule has 0 amide bonds. The van der Waals surface area contributed by atoms with Crippen LogP contribution in [0.4, 0.5) is 0 Å². The van der Waals surface area contributed by atoms with E-state index in [2.05, 4.69) is 69.4 Å². The molecule has 0 heterocycles. The van der Waals surface area contributed by atoms with Crippen molar-refractivity contribution in [1.82, 2.24) is 0 Å². The van der Waals surface area contributed by atoms with E-state index in [1.54, 1.807) is 0 Å². The molecule has 0 aromatic heterocycles. The van der Waals surface area contributed by atoms with Crippen LogP contribution in [0.2, 0.25) is 0 Å². The third-order valence-corrected chi connectivity index (χ3v) is 11.6. The lowest BCUT2D eigenvalue weighted by molar-refractivity contribution is -0.167. The lowest BCUT2D eigenvalue weighted by Crippen LogP contribution is -2.30. The van der Waals surface area contributed by atoms with Gasteiger partial charge >= 0.3 is 17.9 Å². The Morgan fingerprint density at radius 3 is 0.935 bits per heavy atom. The molecule has 0 fully saturated rings. The maximum atomic E-state index is 12.8. The second-order valence-electron chi connectivity index (χ2n) is 17.8. The van der Waals surface area contributed by atoms with Crippen LogP contribution in [0.25, 0.3) is 0 Å². The minimum absolute atomic E-state index is 0.0765. The van der Waals surface area contributed by atoms with Crippen molar-refractivity contribution in [1.29, 1.82) is 0 Å². The first kappa shape index (κ1) is 59.4. The maximum Gasteiger partial charge on any atom is 0.306 e. The van der Waals surface area contributed by atoms with Gasteiger partial charge in [0.2, 0.25) is 0 Å². The Balaban J connectivity index is 4.24. The summed E-state index contributed by atoms with van der Waals surface area (Å²) in [5.74, 6) is -0.888. The van der Waals surface area contributed by atoms with Gasteiger partial charge in [0.15, 0.2) is 6.10 Å². The van der Waals surface area contributed by atoms with Gasteiger partial charge in [0, 0.05) is 19.3 Å². The van der Waals surface area contributed by atoms with E-state index in [1.807, 2.05) is 0 Å². The van der Waals surface area contributed by atoms with Crippen LogP contribution in [0, 0.1) is 0 Å². The highest BCUT2D eigenvalue weighted by Gasteiger charge is 2.19. The van der Waals surface area contributed by atoms with Crippen molar-refractivity contribution in [2.75, 3.05) is 13.2 Å². The summed E-state index contributed by atoms with van der Waals surface area (Å²) in [7, 11) is 0. The molecule has 62 heavy (non-hydrogen) atoms. The molecular weight excluding hydrogens is 769 g/mol. The molecule has 0 aliphatic carbocycles. The fourth-order valence-electron chi connectivity index (χ4n) is 7.50. The minimum Gasteiger partial charge on any atom is -0.462 e. The summed E-state index contributed by atoms with van der Waals surface area (Å²) in [5, 5.41) is 0. The number of esters is 3. The third kappa shape index (κ3) is 48.4. The molecule has 0 saturated carbocycles. The monoisotopic (exact) mass is 869 g/mol. The van der Waals surface area contributed by atoms with Crippen LogP contribution >= 0.6 is 0 Å². The van der Waals surface area contributed by atoms with Crippen LogP contribution < -0.4 is 0 Å². The average Bonchev–Trinajstić information content (AvgIpc) is 3.27. The molecule has 1 atom stereocenters. The molecule has 0 aliphatic rings. The van der Waals surface area contributed by atoms with Gasteiger partial charge in [-0.2, -0.15) is 0 Å². The molecule has 0 aliphatic heterocycles. The highest BCUT2D eigenvalue weighted by molar-refractivity contribution is 5.71. The molecule has 0 N–H and O–H groups in total. The topological polar surface area (TPSA) is 78.9 Å².